The van der Waals surface area contributed by atoms with Crippen LogP contribution in [0.2, 0.25) is 5.02 Å². The van der Waals surface area contributed by atoms with Gasteiger partial charge in [-0.2, -0.15) is 0 Å². The maximum absolute atomic E-state index is 12.8. The molecule has 3 rings (SSSR count). The van der Waals surface area contributed by atoms with Crippen LogP contribution in [-0.4, -0.2) is 41.0 Å². The monoisotopic (exact) mass is 469 g/mol. The lowest BCUT2D eigenvalue weighted by Gasteiger charge is -2.18. The van der Waals surface area contributed by atoms with E-state index in [4.69, 9.17) is 21.1 Å². The number of para-hydroxylation sites is 1. The summed E-state index contributed by atoms with van der Waals surface area (Å²) in [5.74, 6) is 1.54. The zero-order valence-corrected chi connectivity index (χ0v) is 20.0. The van der Waals surface area contributed by atoms with Crippen molar-refractivity contribution < 1.29 is 14.3 Å². The molecule has 33 heavy (non-hydrogen) atoms. The third kappa shape index (κ3) is 6.14. The van der Waals surface area contributed by atoms with Crippen molar-refractivity contribution in [1.29, 1.82) is 0 Å². The molecule has 0 unspecified atom stereocenters. The van der Waals surface area contributed by atoms with Crippen LogP contribution >= 0.6 is 11.6 Å². The average molecular weight is 470 g/mol. The van der Waals surface area contributed by atoms with Gasteiger partial charge in [-0.15, -0.1) is 0 Å². The van der Waals surface area contributed by atoms with Crippen molar-refractivity contribution in [3.8, 4) is 11.5 Å². The van der Waals surface area contributed by atoms with Gasteiger partial charge in [0, 0.05) is 12.6 Å². The number of rotatable bonds is 9. The number of benzene rings is 2. The first-order valence-corrected chi connectivity index (χ1v) is 11.1. The second-order valence-electron chi connectivity index (χ2n) is 7.95. The number of aromatic amines is 1. The molecule has 3 aromatic rings. The van der Waals surface area contributed by atoms with E-state index in [-0.39, 0.29) is 18.0 Å². The van der Waals surface area contributed by atoms with Gasteiger partial charge in [0.05, 0.1) is 36.2 Å². The van der Waals surface area contributed by atoms with Crippen LogP contribution in [0.4, 0.5) is 0 Å². The molecule has 174 valence electrons. The number of H-pyrrole nitrogens is 1. The number of halogens is 1. The normalized spacial score (nSPS) is 11.3. The highest BCUT2D eigenvalue weighted by Gasteiger charge is 2.14. The maximum Gasteiger partial charge on any atom is 0.258 e. The quantitative estimate of drug-likeness (QED) is 0.460. The Morgan fingerprint density at radius 2 is 2.03 bits per heavy atom. The molecule has 0 aliphatic heterocycles. The lowest BCUT2D eigenvalue weighted by atomic mass is 10.1. The van der Waals surface area contributed by atoms with E-state index in [0.717, 1.165) is 0 Å². The van der Waals surface area contributed by atoms with E-state index in [9.17, 15) is 9.59 Å². The highest BCUT2D eigenvalue weighted by atomic mass is 35.5. The molecule has 0 saturated heterocycles. The number of carbonyl (C=O) groups is 1. The molecule has 0 aliphatic carbocycles. The molecule has 0 bridgehead atoms. The van der Waals surface area contributed by atoms with E-state index in [1.165, 1.54) is 6.08 Å². The first kappa shape index (κ1) is 24.3. The number of nitrogens with zero attached hydrogens (tertiary/aromatic N) is 2. The minimum absolute atomic E-state index is 0.186. The van der Waals surface area contributed by atoms with Gasteiger partial charge in [0.2, 0.25) is 5.91 Å². The molecule has 8 heteroatoms. The van der Waals surface area contributed by atoms with Gasteiger partial charge < -0.3 is 19.4 Å². The zero-order chi connectivity index (χ0) is 24.0. The van der Waals surface area contributed by atoms with Crippen molar-refractivity contribution in [3.63, 3.8) is 0 Å². The Morgan fingerprint density at radius 1 is 1.27 bits per heavy atom. The number of fused-ring (bicyclic) bond motifs is 1. The fraction of sp³-hybridized carbons (Fsp3) is 0.320. The summed E-state index contributed by atoms with van der Waals surface area (Å²) in [5, 5.41) is 0.926. The number of hydrogen-bond acceptors (Lipinski definition) is 5. The Balaban J connectivity index is 1.77. The fourth-order valence-electron chi connectivity index (χ4n) is 3.24. The van der Waals surface area contributed by atoms with Crippen molar-refractivity contribution in [3.05, 3.63) is 69.2 Å². The first-order valence-electron chi connectivity index (χ1n) is 10.8. The van der Waals surface area contributed by atoms with Gasteiger partial charge in [-0.3, -0.25) is 9.59 Å². The van der Waals surface area contributed by atoms with Crippen LogP contribution in [0.25, 0.3) is 17.0 Å². The topological polar surface area (TPSA) is 84.5 Å². The molecule has 7 nitrogen and oxygen atoms in total. The van der Waals surface area contributed by atoms with E-state index in [0.29, 0.717) is 57.9 Å². The zero-order valence-electron chi connectivity index (χ0n) is 19.2. The van der Waals surface area contributed by atoms with Crippen molar-refractivity contribution in [1.82, 2.24) is 14.9 Å². The Labute approximate surface area is 198 Å². The predicted octanol–water partition coefficient (Wildman–Crippen LogP) is 4.68. The summed E-state index contributed by atoms with van der Waals surface area (Å²) in [6, 6.07) is 10.6. The lowest BCUT2D eigenvalue weighted by molar-refractivity contribution is -0.126. The van der Waals surface area contributed by atoms with Crippen LogP contribution in [0.5, 0.6) is 11.5 Å². The summed E-state index contributed by atoms with van der Waals surface area (Å²) in [6.07, 6.45) is 3.13. The third-order valence-corrected chi connectivity index (χ3v) is 5.21. The fourth-order valence-corrected chi connectivity index (χ4v) is 3.51. The Morgan fingerprint density at radius 3 is 2.73 bits per heavy atom. The number of hydrogen-bond donors (Lipinski definition) is 1. The average Bonchev–Trinajstić information content (AvgIpc) is 2.79. The van der Waals surface area contributed by atoms with Crippen LogP contribution < -0.4 is 15.0 Å². The molecule has 0 atom stereocenters. The van der Waals surface area contributed by atoms with Gasteiger partial charge in [-0.05, 0) is 48.7 Å². The van der Waals surface area contributed by atoms with Gasteiger partial charge >= 0.3 is 0 Å². The summed E-state index contributed by atoms with van der Waals surface area (Å²) in [6.45, 7) is 7.11. The number of carbonyl (C=O) groups excluding carboxylic acids is 1. The van der Waals surface area contributed by atoms with Crippen LogP contribution in [0, 0.1) is 5.92 Å². The summed E-state index contributed by atoms with van der Waals surface area (Å²) >= 11 is 6.40. The summed E-state index contributed by atoms with van der Waals surface area (Å²) < 4.78 is 11.2. The highest BCUT2D eigenvalue weighted by molar-refractivity contribution is 6.32. The Hall–Kier alpha value is -3.32. The third-order valence-electron chi connectivity index (χ3n) is 4.93. The minimum atomic E-state index is -0.226. The number of aromatic nitrogens is 2. The molecule has 0 fully saturated rings. The molecular weight excluding hydrogens is 442 g/mol. The minimum Gasteiger partial charge on any atom is -0.493 e. The summed E-state index contributed by atoms with van der Waals surface area (Å²) in [5.41, 5.74) is 1.07. The van der Waals surface area contributed by atoms with Gasteiger partial charge in [0.25, 0.3) is 5.56 Å². The largest absolute Gasteiger partial charge is 0.493 e. The lowest BCUT2D eigenvalue weighted by Crippen LogP contribution is -2.30. The molecular formula is C25H28ClN3O4. The van der Waals surface area contributed by atoms with Gasteiger partial charge in [-0.1, -0.05) is 37.6 Å². The van der Waals surface area contributed by atoms with Crippen molar-refractivity contribution in [2.24, 2.45) is 5.92 Å². The molecule has 1 heterocycles. The SMILES string of the molecule is CCN(Cc1nc2ccccc2c(=O)[nH]1)C(=O)/C=C\c1cc(Cl)c(OCC(C)C)c(OC)c1. The van der Waals surface area contributed by atoms with Crippen LogP contribution in [0.15, 0.2) is 47.3 Å². The predicted molar refractivity (Wildman–Crippen MR) is 131 cm³/mol. The smallest absolute Gasteiger partial charge is 0.258 e. The number of nitrogens with one attached hydrogen (secondary N) is 1. The maximum atomic E-state index is 12.8. The molecule has 0 spiro atoms. The van der Waals surface area contributed by atoms with Crippen molar-refractivity contribution in [2.75, 3.05) is 20.3 Å². The molecule has 1 N–H and O–H groups in total. The van der Waals surface area contributed by atoms with Crippen molar-refractivity contribution >= 4 is 34.5 Å². The second-order valence-corrected chi connectivity index (χ2v) is 8.36. The Bertz CT molecular complexity index is 1220. The molecule has 1 amide bonds. The Kier molecular flexibility index (Phi) is 8.11. The molecule has 0 aliphatic rings. The number of likely N-dealkylation sites (N-methyl/N-ethyl adjacent to an activating group) is 1. The van der Waals surface area contributed by atoms with Gasteiger partial charge in [0.1, 0.15) is 5.82 Å². The van der Waals surface area contributed by atoms with Gasteiger partial charge in [0.15, 0.2) is 11.5 Å². The molecule has 0 radical (unpaired) electrons. The summed E-state index contributed by atoms with van der Waals surface area (Å²) in [7, 11) is 1.54. The molecule has 0 saturated carbocycles. The second kappa shape index (κ2) is 11.0. The molecule has 1 aromatic heterocycles. The number of ether oxygens (including phenoxy) is 2. The number of methoxy groups -OCH3 is 1. The highest BCUT2D eigenvalue weighted by Crippen LogP contribution is 2.37. The van der Waals surface area contributed by atoms with Crippen molar-refractivity contribution in [2.45, 2.75) is 27.3 Å². The summed E-state index contributed by atoms with van der Waals surface area (Å²) in [4.78, 5) is 33.9. The standard InChI is InChI=1S/C25H28ClN3O4/c1-5-29(14-22-27-20-9-7-6-8-18(20)25(31)28-22)23(30)11-10-17-12-19(26)24(21(13-17)32-4)33-15-16(2)3/h6-13,16H,5,14-15H2,1-4H3,(H,27,28,31)/b11-10-. The van der Waals surface area contributed by atoms with E-state index < -0.39 is 0 Å². The number of amides is 1. The van der Waals surface area contributed by atoms with Crippen LogP contribution in [-0.2, 0) is 11.3 Å². The van der Waals surface area contributed by atoms with Crippen LogP contribution in [0.1, 0.15) is 32.2 Å². The van der Waals surface area contributed by atoms with Gasteiger partial charge in [-0.25, -0.2) is 4.98 Å². The van der Waals surface area contributed by atoms with E-state index in [2.05, 4.69) is 9.97 Å². The van der Waals surface area contributed by atoms with E-state index in [1.807, 2.05) is 26.8 Å². The molecule has 2 aromatic carbocycles. The van der Waals surface area contributed by atoms with E-state index in [1.54, 1.807) is 48.4 Å². The van der Waals surface area contributed by atoms with E-state index >= 15 is 0 Å². The van der Waals surface area contributed by atoms with Crippen LogP contribution in [0.3, 0.4) is 0 Å². The first-order chi connectivity index (χ1) is 15.8.